The number of nitrogens with zero attached hydrogens (tertiary/aromatic N) is 2. The Kier molecular flexibility index (Phi) is 4.63. The third kappa shape index (κ3) is 3.54. The highest BCUT2D eigenvalue weighted by Gasteiger charge is 2.14. The van der Waals surface area contributed by atoms with Crippen LogP contribution in [0.25, 0.3) is 10.6 Å². The van der Waals surface area contributed by atoms with E-state index in [4.69, 9.17) is 4.74 Å². The standard InChI is InChI=1S/C17H15N3O2S/c1-2-22-15-6-4-3-5-13(15)19-16(21)14-11-23-17(20-14)12-7-9-18-10-8-12/h3-11H,2H2,1H3,(H,19,21). The van der Waals surface area contributed by atoms with E-state index >= 15 is 0 Å². The van der Waals surface area contributed by atoms with Crippen molar-refractivity contribution in [2.45, 2.75) is 6.92 Å². The van der Waals surface area contributed by atoms with E-state index in [0.29, 0.717) is 23.7 Å². The Morgan fingerprint density at radius 2 is 2.00 bits per heavy atom. The molecule has 23 heavy (non-hydrogen) atoms. The maximum atomic E-state index is 12.4. The van der Waals surface area contributed by atoms with Crippen LogP contribution in [-0.4, -0.2) is 22.5 Å². The molecule has 0 saturated heterocycles. The quantitative estimate of drug-likeness (QED) is 0.774. The molecule has 0 bridgehead atoms. The second-order valence-electron chi connectivity index (χ2n) is 4.66. The van der Waals surface area contributed by atoms with E-state index in [9.17, 15) is 4.79 Å². The van der Waals surface area contributed by atoms with Crippen molar-refractivity contribution < 1.29 is 9.53 Å². The fourth-order valence-electron chi connectivity index (χ4n) is 2.04. The zero-order valence-corrected chi connectivity index (χ0v) is 13.3. The van der Waals surface area contributed by atoms with Crippen molar-refractivity contribution in [1.29, 1.82) is 0 Å². The molecule has 0 aliphatic rings. The second-order valence-corrected chi connectivity index (χ2v) is 5.52. The zero-order valence-electron chi connectivity index (χ0n) is 12.5. The number of hydrogen-bond donors (Lipinski definition) is 1. The minimum absolute atomic E-state index is 0.256. The van der Waals surface area contributed by atoms with Crippen LogP contribution in [0.4, 0.5) is 5.69 Å². The van der Waals surface area contributed by atoms with E-state index in [1.54, 1.807) is 23.8 Å². The van der Waals surface area contributed by atoms with Crippen molar-refractivity contribution in [2.24, 2.45) is 0 Å². The summed E-state index contributed by atoms with van der Waals surface area (Å²) in [5.74, 6) is 0.390. The number of ether oxygens (including phenoxy) is 1. The Balaban J connectivity index is 1.78. The molecule has 5 nitrogen and oxygen atoms in total. The molecule has 3 rings (SSSR count). The minimum atomic E-state index is -0.256. The molecule has 1 aromatic carbocycles. The maximum Gasteiger partial charge on any atom is 0.275 e. The van der Waals surface area contributed by atoms with Gasteiger partial charge in [0.2, 0.25) is 0 Å². The first kappa shape index (κ1) is 15.2. The number of amides is 1. The average Bonchev–Trinajstić information content (AvgIpc) is 3.08. The molecule has 116 valence electrons. The van der Waals surface area contributed by atoms with Crippen molar-refractivity contribution in [1.82, 2.24) is 9.97 Å². The van der Waals surface area contributed by atoms with Crippen molar-refractivity contribution in [3.05, 3.63) is 59.9 Å². The first-order valence-corrected chi connectivity index (χ1v) is 8.05. The fourth-order valence-corrected chi connectivity index (χ4v) is 2.85. The van der Waals surface area contributed by atoms with Crippen LogP contribution in [0.1, 0.15) is 17.4 Å². The van der Waals surface area contributed by atoms with Crippen LogP contribution in [-0.2, 0) is 0 Å². The summed E-state index contributed by atoms with van der Waals surface area (Å²) >= 11 is 1.43. The summed E-state index contributed by atoms with van der Waals surface area (Å²) in [6.07, 6.45) is 3.41. The van der Waals surface area contributed by atoms with E-state index in [0.717, 1.165) is 10.6 Å². The number of para-hydroxylation sites is 2. The average molecular weight is 325 g/mol. The van der Waals surface area contributed by atoms with Crippen LogP contribution in [0.3, 0.4) is 0 Å². The van der Waals surface area contributed by atoms with E-state index in [2.05, 4.69) is 15.3 Å². The van der Waals surface area contributed by atoms with Crippen LogP contribution < -0.4 is 10.1 Å². The number of thiazole rings is 1. The van der Waals surface area contributed by atoms with Crippen LogP contribution >= 0.6 is 11.3 Å². The summed E-state index contributed by atoms with van der Waals surface area (Å²) in [7, 11) is 0. The number of hydrogen-bond acceptors (Lipinski definition) is 5. The Bertz CT molecular complexity index is 802. The van der Waals surface area contributed by atoms with Crippen molar-refractivity contribution >= 4 is 22.9 Å². The van der Waals surface area contributed by atoms with Gasteiger partial charge < -0.3 is 10.1 Å². The van der Waals surface area contributed by atoms with E-state index < -0.39 is 0 Å². The molecule has 3 aromatic rings. The summed E-state index contributed by atoms with van der Waals surface area (Å²) in [4.78, 5) is 20.7. The maximum absolute atomic E-state index is 12.4. The summed E-state index contributed by atoms with van der Waals surface area (Å²) in [5.41, 5.74) is 1.96. The molecule has 0 radical (unpaired) electrons. The van der Waals surface area contributed by atoms with Crippen molar-refractivity contribution in [2.75, 3.05) is 11.9 Å². The SMILES string of the molecule is CCOc1ccccc1NC(=O)c1csc(-c2ccncc2)n1. The van der Waals surface area contributed by atoms with Gasteiger partial charge in [-0.05, 0) is 31.2 Å². The van der Waals surface area contributed by atoms with Gasteiger partial charge >= 0.3 is 0 Å². The van der Waals surface area contributed by atoms with Crippen LogP contribution in [0.2, 0.25) is 0 Å². The van der Waals surface area contributed by atoms with E-state index in [-0.39, 0.29) is 5.91 Å². The molecule has 0 fully saturated rings. The molecule has 0 spiro atoms. The number of nitrogens with one attached hydrogen (secondary N) is 1. The Hall–Kier alpha value is -2.73. The van der Waals surface area contributed by atoms with E-state index in [1.807, 2.05) is 37.3 Å². The molecule has 0 aliphatic carbocycles. The van der Waals surface area contributed by atoms with Gasteiger partial charge in [-0.1, -0.05) is 12.1 Å². The monoisotopic (exact) mass is 325 g/mol. The number of aromatic nitrogens is 2. The number of rotatable bonds is 5. The van der Waals surface area contributed by atoms with Gasteiger partial charge in [-0.15, -0.1) is 11.3 Å². The smallest absolute Gasteiger partial charge is 0.275 e. The molecule has 1 amide bonds. The lowest BCUT2D eigenvalue weighted by Gasteiger charge is -2.10. The molecule has 2 heterocycles. The summed E-state index contributed by atoms with van der Waals surface area (Å²) < 4.78 is 5.51. The van der Waals surface area contributed by atoms with Gasteiger partial charge in [0.25, 0.3) is 5.91 Å². The largest absolute Gasteiger partial charge is 0.492 e. The number of carbonyl (C=O) groups is 1. The lowest BCUT2D eigenvalue weighted by molar-refractivity contribution is 0.102. The van der Waals surface area contributed by atoms with Crippen LogP contribution in [0, 0.1) is 0 Å². The molecule has 0 aliphatic heterocycles. The predicted molar refractivity (Wildman–Crippen MR) is 90.9 cm³/mol. The molecular formula is C17H15N3O2S. The number of carbonyl (C=O) groups excluding carboxylic acids is 1. The Labute approximate surface area is 138 Å². The highest BCUT2D eigenvalue weighted by molar-refractivity contribution is 7.13. The summed E-state index contributed by atoms with van der Waals surface area (Å²) in [6, 6.07) is 11.1. The minimum Gasteiger partial charge on any atom is -0.492 e. The summed E-state index contributed by atoms with van der Waals surface area (Å²) in [6.45, 7) is 2.44. The molecule has 0 atom stereocenters. The highest BCUT2D eigenvalue weighted by atomic mass is 32.1. The number of pyridine rings is 1. The van der Waals surface area contributed by atoms with Crippen molar-refractivity contribution in [3.63, 3.8) is 0 Å². The number of anilines is 1. The molecular weight excluding hydrogens is 310 g/mol. The summed E-state index contributed by atoms with van der Waals surface area (Å²) in [5, 5.41) is 5.38. The topological polar surface area (TPSA) is 64.1 Å². The third-order valence-electron chi connectivity index (χ3n) is 3.10. The zero-order chi connectivity index (χ0) is 16.1. The van der Waals surface area contributed by atoms with Gasteiger partial charge in [-0.25, -0.2) is 4.98 Å². The predicted octanol–water partition coefficient (Wildman–Crippen LogP) is 3.86. The Morgan fingerprint density at radius 1 is 1.22 bits per heavy atom. The molecule has 6 heteroatoms. The lowest BCUT2D eigenvalue weighted by atomic mass is 10.2. The van der Waals surface area contributed by atoms with Crippen molar-refractivity contribution in [3.8, 4) is 16.3 Å². The van der Waals surface area contributed by atoms with Gasteiger partial charge in [0, 0.05) is 23.3 Å². The van der Waals surface area contributed by atoms with Gasteiger partial charge in [0.05, 0.1) is 12.3 Å². The first-order chi connectivity index (χ1) is 11.3. The van der Waals surface area contributed by atoms with Crippen LogP contribution in [0.5, 0.6) is 5.75 Å². The number of benzene rings is 1. The fraction of sp³-hybridized carbons (Fsp3) is 0.118. The molecule has 0 saturated carbocycles. The van der Waals surface area contributed by atoms with Crippen LogP contribution in [0.15, 0.2) is 54.2 Å². The molecule has 0 unspecified atom stereocenters. The highest BCUT2D eigenvalue weighted by Crippen LogP contribution is 2.26. The first-order valence-electron chi connectivity index (χ1n) is 7.17. The van der Waals surface area contributed by atoms with Gasteiger partial charge in [-0.3, -0.25) is 9.78 Å². The third-order valence-corrected chi connectivity index (χ3v) is 3.99. The molecule has 2 aromatic heterocycles. The van der Waals surface area contributed by atoms with Gasteiger partial charge in [0.15, 0.2) is 0 Å². The lowest BCUT2D eigenvalue weighted by Crippen LogP contribution is -2.13. The second kappa shape index (κ2) is 7.02. The van der Waals surface area contributed by atoms with Gasteiger partial charge in [0.1, 0.15) is 16.5 Å². The Morgan fingerprint density at radius 3 is 2.78 bits per heavy atom. The van der Waals surface area contributed by atoms with E-state index in [1.165, 1.54) is 11.3 Å². The van der Waals surface area contributed by atoms with Gasteiger partial charge in [-0.2, -0.15) is 0 Å². The molecule has 1 N–H and O–H groups in total. The normalized spacial score (nSPS) is 10.3.